The fourth-order valence-corrected chi connectivity index (χ4v) is 1.69. The Hall–Kier alpha value is -1.25. The van der Waals surface area contributed by atoms with Crippen molar-refractivity contribution in [2.24, 2.45) is 10.7 Å². The molecule has 120 valence electrons. The molecule has 3 N–H and O–H groups in total. The molecule has 0 aliphatic heterocycles. The first-order valence-electron chi connectivity index (χ1n) is 6.52. The van der Waals surface area contributed by atoms with Gasteiger partial charge in [0.1, 0.15) is 0 Å². The van der Waals surface area contributed by atoms with E-state index in [-0.39, 0.29) is 30.7 Å². The number of alkyl halides is 1. The summed E-state index contributed by atoms with van der Waals surface area (Å²) in [4.78, 5) is 4.00. The van der Waals surface area contributed by atoms with Gasteiger partial charge in [0.2, 0.25) is 0 Å². The highest BCUT2D eigenvalue weighted by molar-refractivity contribution is 14.0. The molecule has 21 heavy (non-hydrogen) atoms. The predicted octanol–water partition coefficient (Wildman–Crippen LogP) is 2.13. The molecule has 0 heterocycles. The number of hydrogen-bond donors (Lipinski definition) is 2. The minimum absolute atomic E-state index is 0. The molecular weight excluding hydrogens is 388 g/mol. The predicted molar refractivity (Wildman–Crippen MR) is 93.7 cm³/mol. The zero-order valence-corrected chi connectivity index (χ0v) is 14.7. The molecule has 1 aromatic carbocycles. The first-order chi connectivity index (χ1) is 9.71. The summed E-state index contributed by atoms with van der Waals surface area (Å²) in [7, 11) is 3.21. The topological polar surface area (TPSA) is 68.9 Å². The van der Waals surface area contributed by atoms with Crippen molar-refractivity contribution in [1.82, 2.24) is 5.32 Å². The Morgan fingerprint density at radius 1 is 1.29 bits per heavy atom. The highest BCUT2D eigenvalue weighted by Crippen LogP contribution is 2.27. The van der Waals surface area contributed by atoms with E-state index in [1.807, 2.05) is 18.2 Å². The molecule has 0 aromatic heterocycles. The number of aliphatic imine (C=N–C) groups is 1. The van der Waals surface area contributed by atoms with Gasteiger partial charge in [-0.05, 0) is 30.5 Å². The Morgan fingerprint density at radius 3 is 2.62 bits per heavy atom. The van der Waals surface area contributed by atoms with Crippen molar-refractivity contribution in [2.75, 3.05) is 34.0 Å². The van der Waals surface area contributed by atoms with Gasteiger partial charge in [-0.25, -0.2) is 0 Å². The van der Waals surface area contributed by atoms with E-state index in [9.17, 15) is 4.39 Å². The number of hydrogen-bond acceptors (Lipinski definition) is 3. The lowest BCUT2D eigenvalue weighted by atomic mass is 10.1. The van der Waals surface area contributed by atoms with E-state index in [1.54, 1.807) is 14.2 Å². The molecule has 0 atom stereocenters. The summed E-state index contributed by atoms with van der Waals surface area (Å²) in [5.41, 5.74) is 6.76. The highest BCUT2D eigenvalue weighted by atomic mass is 127. The summed E-state index contributed by atoms with van der Waals surface area (Å²) in [6.07, 6.45) is 1.18. The molecule has 1 aromatic rings. The van der Waals surface area contributed by atoms with Gasteiger partial charge in [0.25, 0.3) is 0 Å². The summed E-state index contributed by atoms with van der Waals surface area (Å²) in [5.74, 6) is 1.75. The molecule has 0 saturated carbocycles. The summed E-state index contributed by atoms with van der Waals surface area (Å²) in [6.45, 7) is 0.689. The highest BCUT2D eigenvalue weighted by Gasteiger charge is 2.04. The molecule has 7 heteroatoms. The van der Waals surface area contributed by atoms with E-state index < -0.39 is 0 Å². The molecule has 0 aliphatic rings. The van der Waals surface area contributed by atoms with Crippen LogP contribution in [0.5, 0.6) is 11.5 Å². The molecule has 0 spiro atoms. The van der Waals surface area contributed by atoms with Gasteiger partial charge < -0.3 is 20.5 Å². The lowest BCUT2D eigenvalue weighted by Crippen LogP contribution is -2.33. The molecule has 0 bridgehead atoms. The minimum atomic E-state index is -0.373. The SMILES string of the molecule is COc1ccc(CCNC(N)=NCCCF)cc1OC.I. The van der Waals surface area contributed by atoms with Crippen molar-refractivity contribution in [3.05, 3.63) is 23.8 Å². The number of methoxy groups -OCH3 is 2. The van der Waals surface area contributed by atoms with Crippen LogP contribution in [-0.2, 0) is 6.42 Å². The quantitative estimate of drug-likeness (QED) is 0.298. The van der Waals surface area contributed by atoms with Crippen molar-refractivity contribution >= 4 is 29.9 Å². The number of nitrogens with zero attached hydrogens (tertiary/aromatic N) is 1. The second kappa shape index (κ2) is 11.4. The summed E-state index contributed by atoms with van der Waals surface area (Å²) in [5, 5.41) is 2.99. The summed E-state index contributed by atoms with van der Waals surface area (Å²) in [6, 6.07) is 5.77. The van der Waals surface area contributed by atoms with Crippen LogP contribution < -0.4 is 20.5 Å². The monoisotopic (exact) mass is 411 g/mol. The zero-order valence-electron chi connectivity index (χ0n) is 12.4. The van der Waals surface area contributed by atoms with E-state index in [1.165, 1.54) is 0 Å². The van der Waals surface area contributed by atoms with Gasteiger partial charge >= 0.3 is 0 Å². The lowest BCUT2D eigenvalue weighted by molar-refractivity contribution is 0.354. The summed E-state index contributed by atoms with van der Waals surface area (Å²) < 4.78 is 22.3. The molecule has 0 radical (unpaired) electrons. The third-order valence-corrected chi connectivity index (χ3v) is 2.74. The van der Waals surface area contributed by atoms with E-state index in [2.05, 4.69) is 10.3 Å². The van der Waals surface area contributed by atoms with Crippen molar-refractivity contribution in [2.45, 2.75) is 12.8 Å². The fraction of sp³-hybridized carbons (Fsp3) is 0.500. The Kier molecular flexibility index (Phi) is 10.7. The first kappa shape index (κ1) is 19.8. The number of guanidine groups is 1. The van der Waals surface area contributed by atoms with Crippen LogP contribution in [0, 0.1) is 0 Å². The smallest absolute Gasteiger partial charge is 0.188 e. The molecular formula is C14H23FIN3O2. The van der Waals surface area contributed by atoms with Gasteiger partial charge in [-0.1, -0.05) is 6.07 Å². The van der Waals surface area contributed by atoms with Gasteiger partial charge in [-0.2, -0.15) is 0 Å². The van der Waals surface area contributed by atoms with Crippen LogP contribution in [0.1, 0.15) is 12.0 Å². The summed E-state index contributed by atoms with van der Waals surface area (Å²) >= 11 is 0. The van der Waals surface area contributed by atoms with Crippen LogP contribution in [-0.4, -0.2) is 39.9 Å². The Bertz CT molecular complexity index is 444. The average molecular weight is 411 g/mol. The third-order valence-electron chi connectivity index (χ3n) is 2.74. The normalized spacial score (nSPS) is 10.7. The second-order valence-electron chi connectivity index (χ2n) is 4.18. The molecule has 0 aliphatic carbocycles. The van der Waals surface area contributed by atoms with Gasteiger partial charge in [0.15, 0.2) is 17.5 Å². The number of nitrogens with one attached hydrogen (secondary N) is 1. The van der Waals surface area contributed by atoms with Gasteiger partial charge in [-0.15, -0.1) is 24.0 Å². The Labute approximate surface area is 142 Å². The number of halogens is 2. The van der Waals surface area contributed by atoms with Crippen LogP contribution in [0.4, 0.5) is 4.39 Å². The third kappa shape index (κ3) is 7.35. The number of ether oxygens (including phenoxy) is 2. The fourth-order valence-electron chi connectivity index (χ4n) is 1.69. The van der Waals surface area contributed by atoms with Crippen LogP contribution in [0.15, 0.2) is 23.2 Å². The van der Waals surface area contributed by atoms with E-state index >= 15 is 0 Å². The van der Waals surface area contributed by atoms with Gasteiger partial charge in [0.05, 0.1) is 20.9 Å². The Balaban J connectivity index is 0.00000400. The second-order valence-corrected chi connectivity index (χ2v) is 4.18. The van der Waals surface area contributed by atoms with Crippen molar-refractivity contribution < 1.29 is 13.9 Å². The molecule has 0 saturated heterocycles. The van der Waals surface area contributed by atoms with Crippen molar-refractivity contribution in [3.8, 4) is 11.5 Å². The molecule has 0 fully saturated rings. The maximum atomic E-state index is 11.9. The largest absolute Gasteiger partial charge is 0.493 e. The average Bonchev–Trinajstić information content (AvgIpc) is 2.47. The van der Waals surface area contributed by atoms with E-state index in [0.29, 0.717) is 37.0 Å². The minimum Gasteiger partial charge on any atom is -0.493 e. The van der Waals surface area contributed by atoms with Crippen LogP contribution in [0.25, 0.3) is 0 Å². The van der Waals surface area contributed by atoms with Gasteiger partial charge in [0, 0.05) is 13.1 Å². The van der Waals surface area contributed by atoms with Crippen LogP contribution in [0.3, 0.4) is 0 Å². The van der Waals surface area contributed by atoms with Crippen molar-refractivity contribution in [1.29, 1.82) is 0 Å². The molecule has 5 nitrogen and oxygen atoms in total. The standard InChI is InChI=1S/C14H22FN3O2.HI/c1-19-12-5-4-11(10-13(12)20-2)6-9-18-14(16)17-8-3-7-15;/h4-5,10H,3,6-9H2,1-2H3,(H3,16,17,18);1H. The maximum Gasteiger partial charge on any atom is 0.188 e. The van der Waals surface area contributed by atoms with Gasteiger partial charge in [-0.3, -0.25) is 9.38 Å². The van der Waals surface area contributed by atoms with E-state index in [4.69, 9.17) is 15.2 Å². The molecule has 1 rings (SSSR count). The number of nitrogens with two attached hydrogens (primary N) is 1. The molecule has 0 unspecified atom stereocenters. The number of benzene rings is 1. The lowest BCUT2D eigenvalue weighted by Gasteiger charge is -2.10. The van der Waals surface area contributed by atoms with E-state index in [0.717, 1.165) is 12.0 Å². The van der Waals surface area contributed by atoms with Crippen LogP contribution >= 0.6 is 24.0 Å². The Morgan fingerprint density at radius 2 is 2.00 bits per heavy atom. The number of rotatable bonds is 8. The maximum absolute atomic E-state index is 11.9. The molecule has 0 amide bonds. The van der Waals surface area contributed by atoms with Crippen LogP contribution in [0.2, 0.25) is 0 Å². The zero-order chi connectivity index (χ0) is 14.8. The first-order valence-corrected chi connectivity index (χ1v) is 6.52. The van der Waals surface area contributed by atoms with Crippen molar-refractivity contribution in [3.63, 3.8) is 0 Å².